The summed E-state index contributed by atoms with van der Waals surface area (Å²) in [5, 5.41) is 0. The van der Waals surface area contributed by atoms with Gasteiger partial charge in [-0.25, -0.2) is 0 Å². The molecule has 0 unspecified atom stereocenters. The van der Waals surface area contributed by atoms with E-state index in [4.69, 9.17) is 0 Å². The summed E-state index contributed by atoms with van der Waals surface area (Å²) >= 11 is 0. The van der Waals surface area contributed by atoms with Gasteiger partial charge in [-0.1, -0.05) is 80.1 Å². The Kier molecular flexibility index (Phi) is 4.14. The normalized spacial score (nSPS) is 13.3. The Morgan fingerprint density at radius 2 is 1.33 bits per heavy atom. The fraction of sp³-hybridized carbons (Fsp3) is 0.429. The topological polar surface area (TPSA) is 0 Å². The van der Waals surface area contributed by atoms with Gasteiger partial charge in [0, 0.05) is 5.92 Å². The monoisotopic (exact) mass is 278 g/mol. The predicted octanol–water partition coefficient (Wildman–Crippen LogP) is 6.39. The zero-order chi connectivity index (χ0) is 14.8. The molecule has 3 rings (SSSR count). The molecule has 2 aromatic rings. The summed E-state index contributed by atoms with van der Waals surface area (Å²) in [6.07, 6.45) is 6.70. The molecular weight excluding hydrogens is 252 g/mol. The third kappa shape index (κ3) is 2.77. The summed E-state index contributed by atoms with van der Waals surface area (Å²) in [5.41, 5.74) is 8.83. The first kappa shape index (κ1) is 14.4. The van der Waals surface area contributed by atoms with Gasteiger partial charge in [0.15, 0.2) is 0 Å². The predicted molar refractivity (Wildman–Crippen MR) is 92.0 cm³/mol. The smallest absolute Gasteiger partial charge is 0.0102 e. The highest BCUT2D eigenvalue weighted by molar-refractivity contribution is 5.79. The summed E-state index contributed by atoms with van der Waals surface area (Å²) in [6, 6.07) is 14.0. The van der Waals surface area contributed by atoms with Crippen LogP contribution in [0, 0.1) is 13.8 Å². The van der Waals surface area contributed by atoms with Crippen molar-refractivity contribution in [3.63, 3.8) is 0 Å². The second-order valence-corrected chi connectivity index (χ2v) is 6.58. The van der Waals surface area contributed by atoms with Crippen LogP contribution in [0.15, 0.2) is 36.4 Å². The molecule has 110 valence electrons. The number of hydrogen-bond donors (Lipinski definition) is 0. The van der Waals surface area contributed by atoms with Gasteiger partial charge in [0.05, 0.1) is 0 Å². The number of fused-ring (bicyclic) bond motifs is 3. The minimum Gasteiger partial charge on any atom is -0.0654 e. The molecule has 1 aliphatic rings. The first-order valence-corrected chi connectivity index (χ1v) is 8.42. The molecule has 1 aliphatic carbocycles. The molecule has 0 heterocycles. The Labute approximate surface area is 129 Å². The quantitative estimate of drug-likeness (QED) is 0.556. The molecule has 0 aliphatic heterocycles. The second kappa shape index (κ2) is 6.05. The number of hydrogen-bond acceptors (Lipinski definition) is 0. The van der Waals surface area contributed by atoms with E-state index in [1.807, 2.05) is 0 Å². The molecule has 0 bridgehead atoms. The van der Waals surface area contributed by atoms with E-state index >= 15 is 0 Å². The van der Waals surface area contributed by atoms with Crippen molar-refractivity contribution in [3.05, 3.63) is 58.7 Å². The molecule has 2 aromatic carbocycles. The van der Waals surface area contributed by atoms with E-state index in [0.29, 0.717) is 5.92 Å². The van der Waals surface area contributed by atoms with Crippen molar-refractivity contribution in [2.45, 2.75) is 58.8 Å². The van der Waals surface area contributed by atoms with E-state index in [1.54, 1.807) is 11.1 Å². The Bertz CT molecular complexity index is 585. The number of unbranched alkanes of at least 4 members (excludes halogenated alkanes) is 3. The van der Waals surface area contributed by atoms with Crippen molar-refractivity contribution in [2.24, 2.45) is 0 Å². The maximum absolute atomic E-state index is 2.41. The van der Waals surface area contributed by atoms with E-state index in [-0.39, 0.29) is 0 Å². The third-order valence-electron chi connectivity index (χ3n) is 4.80. The summed E-state index contributed by atoms with van der Waals surface area (Å²) in [4.78, 5) is 0. The molecule has 0 aromatic heterocycles. The molecule has 0 nitrogen and oxygen atoms in total. The average molecular weight is 278 g/mol. The van der Waals surface area contributed by atoms with Crippen LogP contribution in [0.2, 0.25) is 0 Å². The highest BCUT2D eigenvalue weighted by Gasteiger charge is 2.28. The van der Waals surface area contributed by atoms with Crippen molar-refractivity contribution in [1.29, 1.82) is 0 Å². The standard InChI is InChI=1S/C21H26/c1-4-5-6-7-8-17-20-13-15(2)9-11-18(20)19-12-10-16(3)14-21(17)19/h9-14,17H,4-8H2,1-3H3. The van der Waals surface area contributed by atoms with Gasteiger partial charge in [0.2, 0.25) is 0 Å². The van der Waals surface area contributed by atoms with Gasteiger partial charge in [-0.15, -0.1) is 0 Å². The fourth-order valence-corrected chi connectivity index (χ4v) is 3.69. The van der Waals surface area contributed by atoms with Gasteiger partial charge < -0.3 is 0 Å². The number of benzene rings is 2. The molecule has 0 atom stereocenters. The lowest BCUT2D eigenvalue weighted by Crippen LogP contribution is -1.97. The molecule has 0 fully saturated rings. The van der Waals surface area contributed by atoms with Crippen molar-refractivity contribution in [2.75, 3.05) is 0 Å². The van der Waals surface area contributed by atoms with Gasteiger partial charge in [0.1, 0.15) is 0 Å². The molecule has 0 radical (unpaired) electrons. The van der Waals surface area contributed by atoms with Gasteiger partial charge in [-0.05, 0) is 42.5 Å². The Hall–Kier alpha value is -1.56. The molecule has 0 spiro atoms. The lowest BCUT2D eigenvalue weighted by atomic mass is 9.90. The van der Waals surface area contributed by atoms with Crippen molar-refractivity contribution in [3.8, 4) is 11.1 Å². The third-order valence-corrected chi connectivity index (χ3v) is 4.80. The van der Waals surface area contributed by atoms with Crippen LogP contribution in [0.5, 0.6) is 0 Å². The van der Waals surface area contributed by atoms with Crippen LogP contribution < -0.4 is 0 Å². The molecule has 0 amide bonds. The van der Waals surface area contributed by atoms with Gasteiger partial charge in [0.25, 0.3) is 0 Å². The summed E-state index contributed by atoms with van der Waals surface area (Å²) in [5.74, 6) is 0.617. The van der Waals surface area contributed by atoms with Crippen LogP contribution in [-0.2, 0) is 0 Å². The molecule has 0 saturated heterocycles. The zero-order valence-corrected chi connectivity index (χ0v) is 13.6. The van der Waals surface area contributed by atoms with Crippen LogP contribution in [0.4, 0.5) is 0 Å². The van der Waals surface area contributed by atoms with Crippen LogP contribution in [0.1, 0.15) is 67.2 Å². The lowest BCUT2D eigenvalue weighted by molar-refractivity contribution is 0.601. The van der Waals surface area contributed by atoms with E-state index in [0.717, 1.165) is 0 Å². The minimum atomic E-state index is 0.617. The van der Waals surface area contributed by atoms with Gasteiger partial charge >= 0.3 is 0 Å². The summed E-state index contributed by atoms with van der Waals surface area (Å²) in [7, 11) is 0. The molecule has 0 heteroatoms. The van der Waals surface area contributed by atoms with Crippen LogP contribution in [0.3, 0.4) is 0 Å². The molecular formula is C21H26. The highest BCUT2D eigenvalue weighted by atomic mass is 14.3. The Morgan fingerprint density at radius 3 is 1.86 bits per heavy atom. The number of rotatable bonds is 5. The van der Waals surface area contributed by atoms with Crippen molar-refractivity contribution in [1.82, 2.24) is 0 Å². The maximum Gasteiger partial charge on any atom is 0.0102 e. The molecule has 21 heavy (non-hydrogen) atoms. The minimum absolute atomic E-state index is 0.617. The van der Waals surface area contributed by atoms with Gasteiger partial charge in [-0.2, -0.15) is 0 Å². The first-order valence-electron chi connectivity index (χ1n) is 8.42. The largest absolute Gasteiger partial charge is 0.0654 e. The van der Waals surface area contributed by atoms with Gasteiger partial charge in [-0.3, -0.25) is 0 Å². The summed E-state index contributed by atoms with van der Waals surface area (Å²) < 4.78 is 0. The van der Waals surface area contributed by atoms with Crippen molar-refractivity contribution >= 4 is 0 Å². The number of aryl methyl sites for hydroxylation is 2. The van der Waals surface area contributed by atoms with E-state index < -0.39 is 0 Å². The fourth-order valence-electron chi connectivity index (χ4n) is 3.69. The van der Waals surface area contributed by atoms with Crippen LogP contribution in [0.25, 0.3) is 11.1 Å². The lowest BCUT2D eigenvalue weighted by Gasteiger charge is -2.14. The van der Waals surface area contributed by atoms with Crippen molar-refractivity contribution < 1.29 is 0 Å². The first-order chi connectivity index (χ1) is 10.2. The SMILES string of the molecule is CCCCCCC1c2cc(C)ccc2-c2ccc(C)cc21. The summed E-state index contributed by atoms with van der Waals surface area (Å²) in [6.45, 7) is 6.71. The Balaban J connectivity index is 1.95. The maximum atomic E-state index is 2.41. The molecule has 0 saturated carbocycles. The van der Waals surface area contributed by atoms with E-state index in [9.17, 15) is 0 Å². The second-order valence-electron chi connectivity index (χ2n) is 6.58. The highest BCUT2D eigenvalue weighted by Crippen LogP contribution is 2.47. The van der Waals surface area contributed by atoms with E-state index in [1.165, 1.54) is 54.4 Å². The van der Waals surface area contributed by atoms with Crippen LogP contribution in [-0.4, -0.2) is 0 Å². The molecule has 0 N–H and O–H groups in total. The van der Waals surface area contributed by atoms with Crippen LogP contribution >= 0.6 is 0 Å². The average Bonchev–Trinajstić information content (AvgIpc) is 2.76. The zero-order valence-electron chi connectivity index (χ0n) is 13.6. The Morgan fingerprint density at radius 1 is 0.762 bits per heavy atom. The van der Waals surface area contributed by atoms with E-state index in [2.05, 4.69) is 57.2 Å².